The van der Waals surface area contributed by atoms with Gasteiger partial charge in [0.25, 0.3) is 0 Å². The zero-order valence-electron chi connectivity index (χ0n) is 10.7. The number of sulfonamides is 1. The Bertz CT molecular complexity index is 598. The van der Waals surface area contributed by atoms with E-state index < -0.39 is 33.8 Å². The molecule has 1 rings (SSSR count). The van der Waals surface area contributed by atoms with Crippen molar-refractivity contribution < 1.29 is 26.0 Å². The van der Waals surface area contributed by atoms with Crippen LogP contribution < -0.4 is 10.0 Å². The van der Waals surface area contributed by atoms with Gasteiger partial charge in [-0.15, -0.1) is 0 Å². The molecule has 1 heterocycles. The summed E-state index contributed by atoms with van der Waals surface area (Å²) in [7, 11) is -4.42. The smallest absolute Gasteiger partial charge is 0.320 e. The number of nitrogens with zero attached hydrogens (tertiary/aromatic N) is 1. The Hall–Kier alpha value is -1.13. The topological polar surface area (TPSA) is 71.1 Å². The first-order valence-electron chi connectivity index (χ1n) is 5.65. The summed E-state index contributed by atoms with van der Waals surface area (Å²) >= 11 is 5.77. The fraction of sp³-hybridized carbons (Fsp3) is 0.500. The predicted molar refractivity (Wildman–Crippen MR) is 69.6 cm³/mol. The number of hydrogen-bond acceptors (Lipinski definition) is 4. The fourth-order valence-electron chi connectivity index (χ4n) is 1.22. The lowest BCUT2D eigenvalue weighted by Gasteiger charge is -2.16. The highest BCUT2D eigenvalue weighted by molar-refractivity contribution is 7.89. The molecule has 0 radical (unpaired) electrons. The van der Waals surface area contributed by atoms with Crippen LogP contribution in [0.5, 0.6) is 0 Å². The van der Waals surface area contributed by atoms with Crippen LogP contribution in [-0.4, -0.2) is 38.8 Å². The van der Waals surface area contributed by atoms with Gasteiger partial charge in [0, 0.05) is 12.7 Å². The highest BCUT2D eigenvalue weighted by Gasteiger charge is 2.41. The number of halogens is 5. The number of nitrogens with one attached hydrogen (secondary N) is 2. The zero-order chi connectivity index (χ0) is 16.3. The van der Waals surface area contributed by atoms with Crippen molar-refractivity contribution in [2.24, 2.45) is 0 Å². The summed E-state index contributed by atoms with van der Waals surface area (Å²) in [6, 6.07) is 0.982. The van der Waals surface area contributed by atoms with Crippen molar-refractivity contribution in [3.63, 3.8) is 0 Å². The third-order valence-corrected chi connectivity index (χ3v) is 3.94. The predicted octanol–water partition coefficient (Wildman–Crippen LogP) is 2.35. The molecule has 0 aliphatic rings. The molecule has 0 unspecified atom stereocenters. The molecule has 0 atom stereocenters. The molecule has 1 aromatic heterocycles. The molecule has 21 heavy (non-hydrogen) atoms. The zero-order valence-corrected chi connectivity index (χ0v) is 12.3. The molecular weight excluding hydrogens is 338 g/mol. The van der Waals surface area contributed by atoms with E-state index in [1.165, 1.54) is 4.72 Å². The molecule has 2 N–H and O–H groups in total. The number of hydrogen-bond donors (Lipinski definition) is 2. The van der Waals surface area contributed by atoms with Gasteiger partial charge in [-0.2, -0.15) is 8.78 Å². The molecule has 0 bridgehead atoms. The van der Waals surface area contributed by atoms with E-state index in [0.29, 0.717) is 6.54 Å². The first-order valence-corrected chi connectivity index (χ1v) is 7.51. The molecule has 0 amide bonds. The van der Waals surface area contributed by atoms with Gasteiger partial charge in [-0.1, -0.05) is 11.6 Å². The van der Waals surface area contributed by atoms with E-state index in [-0.39, 0.29) is 10.8 Å². The summed E-state index contributed by atoms with van der Waals surface area (Å²) in [5.41, 5.74) is 0. The SMILES string of the molecule is CCNc1ncc(S(=O)(=O)NCC(F)(F)C(F)F)cc1Cl. The van der Waals surface area contributed by atoms with Gasteiger partial charge in [0.05, 0.1) is 11.6 Å². The van der Waals surface area contributed by atoms with Gasteiger partial charge in [-0.3, -0.25) is 0 Å². The molecule has 0 spiro atoms. The second-order valence-corrected chi connectivity index (χ2v) is 6.09. The maximum absolute atomic E-state index is 12.7. The average Bonchev–Trinajstić information content (AvgIpc) is 2.39. The second-order valence-electron chi connectivity index (χ2n) is 3.92. The number of alkyl halides is 4. The van der Waals surface area contributed by atoms with Gasteiger partial charge >= 0.3 is 12.3 Å². The van der Waals surface area contributed by atoms with Crippen LogP contribution in [0.2, 0.25) is 5.02 Å². The maximum Gasteiger partial charge on any atom is 0.320 e. The molecule has 0 aliphatic heterocycles. The standard InChI is InChI=1S/C10H12ClF4N3O2S/c1-2-16-8-7(11)3-6(4-17-8)21(19,20)18-5-10(14,15)9(12)13/h3-4,9,18H,2,5H2,1H3,(H,16,17). The summed E-state index contributed by atoms with van der Waals surface area (Å²) in [4.78, 5) is 3.22. The summed E-state index contributed by atoms with van der Waals surface area (Å²) in [6.45, 7) is 0.522. The van der Waals surface area contributed by atoms with Crippen molar-refractivity contribution in [2.45, 2.75) is 24.2 Å². The molecule has 0 aromatic carbocycles. The second kappa shape index (κ2) is 6.75. The van der Waals surface area contributed by atoms with Crippen LogP contribution in [0, 0.1) is 0 Å². The normalized spacial score (nSPS) is 12.7. The molecule has 120 valence electrons. The van der Waals surface area contributed by atoms with Gasteiger partial charge in [0.2, 0.25) is 10.0 Å². The Morgan fingerprint density at radius 3 is 2.52 bits per heavy atom. The van der Waals surface area contributed by atoms with Crippen molar-refractivity contribution in [1.82, 2.24) is 9.71 Å². The van der Waals surface area contributed by atoms with Crippen LogP contribution in [-0.2, 0) is 10.0 Å². The highest BCUT2D eigenvalue weighted by atomic mass is 35.5. The molecule has 0 aliphatic carbocycles. The Balaban J connectivity index is 2.91. The summed E-state index contributed by atoms with van der Waals surface area (Å²) in [5.74, 6) is -4.25. The van der Waals surface area contributed by atoms with E-state index in [9.17, 15) is 26.0 Å². The van der Waals surface area contributed by atoms with Crippen LogP contribution in [0.3, 0.4) is 0 Å². The minimum Gasteiger partial charge on any atom is -0.369 e. The van der Waals surface area contributed by atoms with Gasteiger partial charge in [-0.25, -0.2) is 26.9 Å². The third-order valence-electron chi connectivity index (χ3n) is 2.29. The molecule has 0 fully saturated rings. The third kappa shape index (κ3) is 4.68. The Labute approximate surface area is 123 Å². The minimum absolute atomic E-state index is 0.0413. The van der Waals surface area contributed by atoms with Gasteiger partial charge < -0.3 is 5.32 Å². The molecule has 0 saturated carbocycles. The summed E-state index contributed by atoms with van der Waals surface area (Å²) in [5, 5.41) is 2.71. The van der Waals surface area contributed by atoms with Gasteiger partial charge in [-0.05, 0) is 13.0 Å². The van der Waals surface area contributed by atoms with Crippen LogP contribution >= 0.6 is 11.6 Å². The molecule has 5 nitrogen and oxygen atoms in total. The van der Waals surface area contributed by atoms with E-state index >= 15 is 0 Å². The van der Waals surface area contributed by atoms with Gasteiger partial charge in [0.1, 0.15) is 10.7 Å². The van der Waals surface area contributed by atoms with Crippen molar-refractivity contribution in [3.05, 3.63) is 17.3 Å². The molecule has 1 aromatic rings. The monoisotopic (exact) mass is 349 g/mol. The van der Waals surface area contributed by atoms with E-state index in [2.05, 4.69) is 10.3 Å². The fourth-order valence-corrected chi connectivity index (χ4v) is 2.53. The lowest BCUT2D eigenvalue weighted by atomic mass is 10.4. The highest BCUT2D eigenvalue weighted by Crippen LogP contribution is 2.24. The summed E-state index contributed by atoms with van der Waals surface area (Å²) in [6.07, 6.45) is -3.09. The van der Waals surface area contributed by atoms with E-state index in [1.807, 2.05) is 0 Å². The van der Waals surface area contributed by atoms with E-state index in [4.69, 9.17) is 11.6 Å². The Kier molecular flexibility index (Phi) is 5.76. The first-order chi connectivity index (χ1) is 9.60. The lowest BCUT2D eigenvalue weighted by molar-refractivity contribution is -0.122. The first kappa shape index (κ1) is 17.9. The number of anilines is 1. The number of aromatic nitrogens is 1. The number of rotatable bonds is 7. The maximum atomic E-state index is 12.7. The van der Waals surface area contributed by atoms with Gasteiger partial charge in [0.15, 0.2) is 0 Å². The molecular formula is C10H12ClF4N3O2S. The van der Waals surface area contributed by atoms with Crippen molar-refractivity contribution in [3.8, 4) is 0 Å². The molecule has 11 heteroatoms. The minimum atomic E-state index is -4.46. The van der Waals surface area contributed by atoms with Crippen LogP contribution in [0.15, 0.2) is 17.2 Å². The summed E-state index contributed by atoms with van der Waals surface area (Å²) < 4.78 is 74.2. The Morgan fingerprint density at radius 1 is 1.43 bits per heavy atom. The lowest BCUT2D eigenvalue weighted by Crippen LogP contribution is -2.41. The van der Waals surface area contributed by atoms with Crippen LogP contribution in [0.25, 0.3) is 0 Å². The van der Waals surface area contributed by atoms with E-state index in [0.717, 1.165) is 12.3 Å². The Morgan fingerprint density at radius 2 is 2.05 bits per heavy atom. The molecule has 0 saturated heterocycles. The van der Waals surface area contributed by atoms with Crippen molar-refractivity contribution in [1.29, 1.82) is 0 Å². The average molecular weight is 350 g/mol. The van der Waals surface area contributed by atoms with Crippen LogP contribution in [0.4, 0.5) is 23.4 Å². The van der Waals surface area contributed by atoms with E-state index in [1.54, 1.807) is 6.92 Å². The number of pyridine rings is 1. The van der Waals surface area contributed by atoms with Crippen LogP contribution in [0.1, 0.15) is 6.92 Å². The largest absolute Gasteiger partial charge is 0.369 e. The quantitative estimate of drug-likeness (QED) is 0.741. The van der Waals surface area contributed by atoms with Crippen molar-refractivity contribution >= 4 is 27.4 Å². The van der Waals surface area contributed by atoms with Crippen molar-refractivity contribution in [2.75, 3.05) is 18.4 Å².